The highest BCUT2D eigenvalue weighted by molar-refractivity contribution is 5.27. The fraction of sp³-hybridized carbons (Fsp3) is 0.538. The number of alkyl halides is 2. The lowest BCUT2D eigenvalue weighted by molar-refractivity contribution is -0.169. The Bertz CT molecular complexity index is 395. The Hall–Kier alpha value is -1.00. The van der Waals surface area contributed by atoms with E-state index in [1.165, 1.54) is 12.1 Å². The van der Waals surface area contributed by atoms with Crippen molar-refractivity contribution >= 4 is 0 Å². The summed E-state index contributed by atoms with van der Waals surface area (Å²) >= 11 is 0. The molecule has 2 nitrogen and oxygen atoms in total. The highest BCUT2D eigenvalue weighted by Crippen LogP contribution is 2.35. The minimum absolute atomic E-state index is 0.0396. The average Bonchev–Trinajstić information content (AvgIpc) is 2.29. The van der Waals surface area contributed by atoms with Crippen LogP contribution >= 0.6 is 0 Å². The van der Waals surface area contributed by atoms with Crippen molar-refractivity contribution in [2.75, 3.05) is 26.7 Å². The zero-order chi connectivity index (χ0) is 12.5. The first-order valence-corrected chi connectivity index (χ1v) is 5.75. The maximum absolute atomic E-state index is 14.2. The van der Waals surface area contributed by atoms with Crippen molar-refractivity contribution in [1.29, 1.82) is 0 Å². The minimum atomic E-state index is -2.93. The van der Waals surface area contributed by atoms with Crippen LogP contribution in [0.3, 0.4) is 0 Å². The Morgan fingerprint density at radius 1 is 1.41 bits per heavy atom. The molecule has 0 aromatic heterocycles. The average molecular weight is 241 g/mol. The number of halogens is 2. The maximum atomic E-state index is 14.2. The predicted molar refractivity (Wildman–Crippen MR) is 62.3 cm³/mol. The number of aryl methyl sites for hydroxylation is 1. The number of hydrogen-bond acceptors (Lipinski definition) is 2. The molecular weight excluding hydrogens is 224 g/mol. The normalized spacial score (nSPS) is 22.7. The lowest BCUT2D eigenvalue weighted by Crippen LogP contribution is -2.48. The van der Waals surface area contributed by atoms with Crippen molar-refractivity contribution in [3.8, 4) is 0 Å². The van der Waals surface area contributed by atoms with Crippen molar-refractivity contribution < 1.29 is 13.5 Å². The third-order valence-corrected chi connectivity index (χ3v) is 3.08. The molecule has 1 aliphatic rings. The lowest BCUT2D eigenvalue weighted by Gasteiger charge is -2.35. The minimum Gasteiger partial charge on any atom is -0.369 e. The molecule has 0 bridgehead atoms. The topological polar surface area (TPSA) is 12.5 Å². The highest BCUT2D eigenvalue weighted by atomic mass is 19.3. The molecule has 1 atom stereocenters. The Morgan fingerprint density at radius 3 is 2.82 bits per heavy atom. The molecular formula is C13H17F2NO. The monoisotopic (exact) mass is 241 g/mol. The third-order valence-electron chi connectivity index (χ3n) is 3.08. The van der Waals surface area contributed by atoms with Gasteiger partial charge in [-0.1, -0.05) is 29.8 Å². The molecule has 1 fully saturated rings. The first kappa shape index (κ1) is 12.5. The van der Waals surface area contributed by atoms with Crippen LogP contribution in [-0.2, 0) is 10.7 Å². The first-order chi connectivity index (χ1) is 8.00. The second-order valence-electron chi connectivity index (χ2n) is 4.61. The van der Waals surface area contributed by atoms with Gasteiger partial charge in [0.15, 0.2) is 0 Å². The molecule has 1 unspecified atom stereocenters. The predicted octanol–water partition coefficient (Wildman–Crippen LogP) is 2.42. The van der Waals surface area contributed by atoms with E-state index in [0.29, 0.717) is 13.2 Å². The van der Waals surface area contributed by atoms with Gasteiger partial charge in [-0.15, -0.1) is 0 Å². The second kappa shape index (κ2) is 4.70. The fourth-order valence-electron chi connectivity index (χ4n) is 2.04. The summed E-state index contributed by atoms with van der Waals surface area (Å²) in [4.78, 5) is 1.87. The number of nitrogens with zero attached hydrogens (tertiary/aromatic N) is 1. The first-order valence-electron chi connectivity index (χ1n) is 5.75. The zero-order valence-electron chi connectivity index (χ0n) is 10.1. The second-order valence-corrected chi connectivity index (χ2v) is 4.61. The van der Waals surface area contributed by atoms with E-state index in [-0.39, 0.29) is 12.1 Å². The summed E-state index contributed by atoms with van der Waals surface area (Å²) in [5.74, 6) is -2.93. The van der Waals surface area contributed by atoms with E-state index in [0.717, 1.165) is 5.56 Å². The number of rotatable bonds is 2. The Labute approximate surface area is 100 Å². The summed E-state index contributed by atoms with van der Waals surface area (Å²) in [6.45, 7) is 3.15. The summed E-state index contributed by atoms with van der Waals surface area (Å²) in [7, 11) is 1.84. The van der Waals surface area contributed by atoms with Crippen LogP contribution < -0.4 is 0 Å². The Kier molecular flexibility index (Phi) is 3.45. The van der Waals surface area contributed by atoms with Gasteiger partial charge in [0.2, 0.25) is 0 Å². The van der Waals surface area contributed by atoms with E-state index < -0.39 is 12.0 Å². The number of morpholine rings is 1. The van der Waals surface area contributed by atoms with Crippen molar-refractivity contribution in [3.63, 3.8) is 0 Å². The van der Waals surface area contributed by atoms with E-state index in [1.54, 1.807) is 6.07 Å². The molecule has 17 heavy (non-hydrogen) atoms. The largest absolute Gasteiger partial charge is 0.369 e. The number of benzene rings is 1. The van der Waals surface area contributed by atoms with E-state index in [4.69, 9.17) is 4.74 Å². The van der Waals surface area contributed by atoms with Crippen LogP contribution in [0.5, 0.6) is 0 Å². The standard InChI is InChI=1S/C13H17F2NO/c1-10-4-3-5-11(8-10)13(14,15)12-9-16(2)6-7-17-12/h3-5,8,12H,6-7,9H2,1-2H3. The lowest BCUT2D eigenvalue weighted by atomic mass is 10.00. The smallest absolute Gasteiger partial charge is 0.300 e. The quantitative estimate of drug-likeness (QED) is 0.788. The molecule has 1 aromatic rings. The van der Waals surface area contributed by atoms with Gasteiger partial charge in [-0.25, -0.2) is 0 Å². The highest BCUT2D eigenvalue weighted by Gasteiger charge is 2.44. The van der Waals surface area contributed by atoms with Crippen molar-refractivity contribution in [3.05, 3.63) is 35.4 Å². The van der Waals surface area contributed by atoms with Crippen molar-refractivity contribution in [2.24, 2.45) is 0 Å². The molecule has 1 saturated heterocycles. The summed E-state index contributed by atoms with van der Waals surface area (Å²) < 4.78 is 33.7. The van der Waals surface area contributed by atoms with Gasteiger partial charge < -0.3 is 9.64 Å². The van der Waals surface area contributed by atoms with Gasteiger partial charge in [-0.2, -0.15) is 8.78 Å². The van der Waals surface area contributed by atoms with Gasteiger partial charge in [0, 0.05) is 18.7 Å². The summed E-state index contributed by atoms with van der Waals surface area (Å²) in [6.07, 6.45) is -1.05. The van der Waals surface area contributed by atoms with E-state index >= 15 is 0 Å². The molecule has 2 rings (SSSR count). The van der Waals surface area contributed by atoms with Gasteiger partial charge in [-0.3, -0.25) is 0 Å². The molecule has 0 spiro atoms. The number of ether oxygens (including phenoxy) is 1. The molecule has 0 saturated carbocycles. The molecule has 0 aliphatic carbocycles. The van der Waals surface area contributed by atoms with Gasteiger partial charge in [-0.05, 0) is 14.0 Å². The maximum Gasteiger partial charge on any atom is 0.300 e. The zero-order valence-corrected chi connectivity index (χ0v) is 10.1. The van der Waals surface area contributed by atoms with Gasteiger partial charge in [0.1, 0.15) is 6.10 Å². The summed E-state index contributed by atoms with van der Waals surface area (Å²) in [5, 5.41) is 0. The molecule has 1 aliphatic heterocycles. The fourth-order valence-corrected chi connectivity index (χ4v) is 2.04. The molecule has 1 heterocycles. The van der Waals surface area contributed by atoms with E-state index in [2.05, 4.69) is 0 Å². The molecule has 0 amide bonds. The molecule has 4 heteroatoms. The SMILES string of the molecule is Cc1cccc(C(F)(F)C2CN(C)CCO2)c1. The van der Waals surface area contributed by atoms with Crippen molar-refractivity contribution in [1.82, 2.24) is 4.90 Å². The van der Waals surface area contributed by atoms with Crippen molar-refractivity contribution in [2.45, 2.75) is 19.0 Å². The molecule has 0 N–H and O–H groups in total. The van der Waals surface area contributed by atoms with E-state index in [9.17, 15) is 8.78 Å². The van der Waals surface area contributed by atoms with Gasteiger partial charge >= 0.3 is 0 Å². The summed E-state index contributed by atoms with van der Waals surface area (Å²) in [6, 6.07) is 6.46. The summed E-state index contributed by atoms with van der Waals surface area (Å²) in [5.41, 5.74) is 0.879. The van der Waals surface area contributed by atoms with Crippen LogP contribution in [0.25, 0.3) is 0 Å². The third kappa shape index (κ3) is 2.64. The van der Waals surface area contributed by atoms with Crippen LogP contribution in [-0.4, -0.2) is 37.7 Å². The van der Waals surface area contributed by atoms with Crippen LogP contribution in [0, 0.1) is 6.92 Å². The number of likely N-dealkylation sites (N-methyl/N-ethyl adjacent to an activating group) is 1. The van der Waals surface area contributed by atoms with Gasteiger partial charge in [0.05, 0.1) is 6.61 Å². The van der Waals surface area contributed by atoms with Crippen LogP contribution in [0.1, 0.15) is 11.1 Å². The molecule has 1 aromatic carbocycles. The van der Waals surface area contributed by atoms with Crippen LogP contribution in [0.4, 0.5) is 8.78 Å². The van der Waals surface area contributed by atoms with Crippen LogP contribution in [0.2, 0.25) is 0 Å². The van der Waals surface area contributed by atoms with Crippen LogP contribution in [0.15, 0.2) is 24.3 Å². The van der Waals surface area contributed by atoms with E-state index in [1.807, 2.05) is 24.9 Å². The Morgan fingerprint density at radius 2 is 2.18 bits per heavy atom. The molecule has 0 radical (unpaired) electrons. The van der Waals surface area contributed by atoms with Gasteiger partial charge in [0.25, 0.3) is 5.92 Å². The number of hydrogen-bond donors (Lipinski definition) is 0. The molecule has 94 valence electrons. The Balaban J connectivity index is 2.22.